The van der Waals surface area contributed by atoms with Crippen LogP contribution in [0.1, 0.15) is 23.7 Å². The van der Waals surface area contributed by atoms with Gasteiger partial charge in [0.2, 0.25) is 0 Å². The summed E-state index contributed by atoms with van der Waals surface area (Å²) in [6.45, 7) is 3.31. The molecule has 0 radical (unpaired) electrons. The Morgan fingerprint density at radius 2 is 2.06 bits per heavy atom. The van der Waals surface area contributed by atoms with Crippen LogP contribution in [0.2, 0.25) is 0 Å². The summed E-state index contributed by atoms with van der Waals surface area (Å²) in [6, 6.07) is 7.31. The number of alkyl halides is 1. The van der Waals surface area contributed by atoms with Crippen LogP contribution in [0.15, 0.2) is 24.3 Å². The summed E-state index contributed by atoms with van der Waals surface area (Å²) < 4.78 is 5.03. The van der Waals surface area contributed by atoms with Crippen LogP contribution in [0.25, 0.3) is 0 Å². The summed E-state index contributed by atoms with van der Waals surface area (Å²) in [6.07, 6.45) is 0.844. The molecule has 16 heavy (non-hydrogen) atoms. The van der Waals surface area contributed by atoms with Crippen molar-refractivity contribution in [3.05, 3.63) is 29.8 Å². The smallest absolute Gasteiger partial charge is 0.338 e. The van der Waals surface area contributed by atoms with Crippen LogP contribution in [0.5, 0.6) is 0 Å². The molecule has 0 atom stereocenters. The van der Waals surface area contributed by atoms with Gasteiger partial charge in [-0.2, -0.15) is 0 Å². The highest BCUT2D eigenvalue weighted by molar-refractivity contribution is 9.09. The number of ether oxygens (including phenoxy) is 1. The van der Waals surface area contributed by atoms with E-state index in [9.17, 15) is 4.79 Å². The van der Waals surface area contributed by atoms with Crippen LogP contribution < -0.4 is 5.32 Å². The standard InChI is InChI=1S/C12H16BrNO2/c1-2-9-16-12(15)10-3-5-11(6-4-10)14-8-7-13/h3-6,14H,2,7-9H2,1H3. The highest BCUT2D eigenvalue weighted by Crippen LogP contribution is 2.10. The molecule has 1 aromatic rings. The van der Waals surface area contributed by atoms with Crippen LogP contribution in [-0.2, 0) is 4.74 Å². The first kappa shape index (κ1) is 13.0. The molecule has 0 unspecified atom stereocenters. The van der Waals surface area contributed by atoms with E-state index in [0.29, 0.717) is 12.2 Å². The Morgan fingerprint density at radius 3 is 2.62 bits per heavy atom. The molecule has 0 aromatic heterocycles. The molecule has 0 aliphatic carbocycles. The van der Waals surface area contributed by atoms with Gasteiger partial charge in [0.1, 0.15) is 0 Å². The van der Waals surface area contributed by atoms with Crippen molar-refractivity contribution in [3.8, 4) is 0 Å². The van der Waals surface area contributed by atoms with E-state index in [1.165, 1.54) is 0 Å². The lowest BCUT2D eigenvalue weighted by molar-refractivity contribution is 0.0505. The number of halogens is 1. The van der Waals surface area contributed by atoms with Crippen LogP contribution in [0.3, 0.4) is 0 Å². The van der Waals surface area contributed by atoms with E-state index < -0.39 is 0 Å². The van der Waals surface area contributed by atoms with Gasteiger partial charge in [-0.1, -0.05) is 22.9 Å². The van der Waals surface area contributed by atoms with Gasteiger partial charge in [0.25, 0.3) is 0 Å². The highest BCUT2D eigenvalue weighted by atomic mass is 79.9. The number of carbonyl (C=O) groups excluding carboxylic acids is 1. The van der Waals surface area contributed by atoms with Gasteiger partial charge in [0.05, 0.1) is 12.2 Å². The van der Waals surface area contributed by atoms with Crippen LogP contribution in [0.4, 0.5) is 5.69 Å². The van der Waals surface area contributed by atoms with Crippen molar-refractivity contribution in [3.63, 3.8) is 0 Å². The number of carbonyl (C=O) groups is 1. The lowest BCUT2D eigenvalue weighted by atomic mass is 10.2. The predicted octanol–water partition coefficient (Wildman–Crippen LogP) is 3.06. The summed E-state index contributed by atoms with van der Waals surface area (Å²) in [5.74, 6) is -0.256. The maximum absolute atomic E-state index is 11.5. The zero-order chi connectivity index (χ0) is 11.8. The average Bonchev–Trinajstić information content (AvgIpc) is 2.34. The SMILES string of the molecule is CCCOC(=O)c1ccc(NCCBr)cc1. The van der Waals surface area contributed by atoms with E-state index in [-0.39, 0.29) is 5.97 Å². The van der Waals surface area contributed by atoms with Crippen LogP contribution >= 0.6 is 15.9 Å². The van der Waals surface area contributed by atoms with Gasteiger partial charge < -0.3 is 10.1 Å². The molecule has 0 heterocycles. The Labute approximate surface area is 104 Å². The van der Waals surface area contributed by atoms with Crippen LogP contribution in [-0.4, -0.2) is 24.5 Å². The minimum Gasteiger partial charge on any atom is -0.462 e. The van der Waals surface area contributed by atoms with Gasteiger partial charge in [-0.3, -0.25) is 0 Å². The molecule has 88 valence electrons. The summed E-state index contributed by atoms with van der Waals surface area (Å²) in [5.41, 5.74) is 1.60. The maximum Gasteiger partial charge on any atom is 0.338 e. The maximum atomic E-state index is 11.5. The van der Waals surface area contributed by atoms with Crippen molar-refractivity contribution >= 4 is 27.6 Å². The van der Waals surface area contributed by atoms with E-state index in [4.69, 9.17) is 4.74 Å². The number of hydrogen-bond donors (Lipinski definition) is 1. The Kier molecular flexibility index (Phi) is 5.93. The summed E-state index contributed by atoms with van der Waals surface area (Å²) in [7, 11) is 0. The molecule has 0 saturated carbocycles. The molecule has 0 amide bonds. The van der Waals surface area contributed by atoms with Gasteiger partial charge in [0.15, 0.2) is 0 Å². The molecule has 0 fully saturated rings. The van der Waals surface area contributed by atoms with E-state index in [0.717, 1.165) is 24.0 Å². The normalized spacial score (nSPS) is 9.88. The summed E-state index contributed by atoms with van der Waals surface area (Å²) >= 11 is 3.34. The van der Waals surface area contributed by atoms with E-state index in [1.54, 1.807) is 12.1 Å². The first-order chi connectivity index (χ1) is 7.77. The molecule has 1 aromatic carbocycles. The third-order valence-corrected chi connectivity index (χ3v) is 2.38. The van der Waals surface area contributed by atoms with Gasteiger partial charge in [-0.05, 0) is 30.7 Å². The number of rotatable bonds is 6. The lowest BCUT2D eigenvalue weighted by Crippen LogP contribution is -2.06. The number of esters is 1. The zero-order valence-electron chi connectivity index (χ0n) is 9.33. The summed E-state index contributed by atoms with van der Waals surface area (Å²) in [5, 5.41) is 4.10. The Balaban J connectivity index is 2.53. The second-order valence-corrected chi connectivity index (χ2v) is 4.12. The van der Waals surface area contributed by atoms with Gasteiger partial charge >= 0.3 is 5.97 Å². The van der Waals surface area contributed by atoms with Crippen molar-refractivity contribution in [1.82, 2.24) is 0 Å². The summed E-state index contributed by atoms with van der Waals surface area (Å²) in [4.78, 5) is 11.5. The molecule has 1 N–H and O–H groups in total. The number of anilines is 1. The first-order valence-electron chi connectivity index (χ1n) is 5.35. The molecule has 0 saturated heterocycles. The fraction of sp³-hybridized carbons (Fsp3) is 0.417. The first-order valence-corrected chi connectivity index (χ1v) is 6.47. The fourth-order valence-electron chi connectivity index (χ4n) is 1.19. The van der Waals surface area contributed by atoms with Crippen molar-refractivity contribution in [1.29, 1.82) is 0 Å². The van der Waals surface area contributed by atoms with Crippen molar-refractivity contribution in [2.45, 2.75) is 13.3 Å². The van der Waals surface area contributed by atoms with Crippen molar-refractivity contribution < 1.29 is 9.53 Å². The Bertz CT molecular complexity index is 324. The molecule has 3 nitrogen and oxygen atoms in total. The van der Waals surface area contributed by atoms with Gasteiger partial charge in [-0.25, -0.2) is 4.79 Å². The van der Waals surface area contributed by atoms with Crippen LogP contribution in [0, 0.1) is 0 Å². The third-order valence-electron chi connectivity index (χ3n) is 1.98. The second-order valence-electron chi connectivity index (χ2n) is 3.33. The highest BCUT2D eigenvalue weighted by Gasteiger charge is 2.05. The fourth-order valence-corrected chi connectivity index (χ4v) is 1.39. The molecule has 0 bridgehead atoms. The minimum atomic E-state index is -0.256. The molecular formula is C12H16BrNO2. The number of benzene rings is 1. The molecule has 0 aliphatic rings. The van der Waals surface area contributed by atoms with Crippen molar-refractivity contribution in [2.24, 2.45) is 0 Å². The second kappa shape index (κ2) is 7.28. The van der Waals surface area contributed by atoms with E-state index in [2.05, 4.69) is 21.2 Å². The third kappa shape index (κ3) is 4.23. The zero-order valence-corrected chi connectivity index (χ0v) is 10.9. The molecule has 1 rings (SSSR count). The van der Waals surface area contributed by atoms with E-state index >= 15 is 0 Å². The Hall–Kier alpha value is -1.03. The predicted molar refractivity (Wildman–Crippen MR) is 69.3 cm³/mol. The topological polar surface area (TPSA) is 38.3 Å². The van der Waals surface area contributed by atoms with E-state index in [1.807, 2.05) is 19.1 Å². The largest absolute Gasteiger partial charge is 0.462 e. The number of hydrogen-bond acceptors (Lipinski definition) is 3. The monoisotopic (exact) mass is 285 g/mol. The Morgan fingerprint density at radius 1 is 1.38 bits per heavy atom. The van der Waals surface area contributed by atoms with Gasteiger partial charge in [0, 0.05) is 17.6 Å². The van der Waals surface area contributed by atoms with Gasteiger partial charge in [-0.15, -0.1) is 0 Å². The quantitative estimate of drug-likeness (QED) is 0.645. The molecular weight excluding hydrogens is 270 g/mol. The average molecular weight is 286 g/mol. The molecule has 0 spiro atoms. The lowest BCUT2D eigenvalue weighted by Gasteiger charge is -2.06. The molecule has 4 heteroatoms. The minimum absolute atomic E-state index is 0.256. The van der Waals surface area contributed by atoms with Crippen molar-refractivity contribution in [2.75, 3.05) is 23.8 Å². The number of nitrogens with one attached hydrogen (secondary N) is 1. The molecule has 0 aliphatic heterocycles.